The van der Waals surface area contributed by atoms with Crippen LogP contribution in [0.15, 0.2) is 40.9 Å². The van der Waals surface area contributed by atoms with Gasteiger partial charge in [0, 0.05) is 36.0 Å². The van der Waals surface area contributed by atoms with Crippen LogP contribution in [0.5, 0.6) is 0 Å². The van der Waals surface area contributed by atoms with E-state index in [1.54, 1.807) is 0 Å². The second kappa shape index (κ2) is 4.89. The number of aryl methyl sites for hydroxylation is 1. The lowest BCUT2D eigenvalue weighted by Crippen LogP contribution is -2.14. The molecule has 1 heterocycles. The maximum Gasteiger partial charge on any atom is 0.0437 e. The van der Waals surface area contributed by atoms with Crippen LogP contribution in [0.2, 0.25) is 0 Å². The second-order valence-corrected chi connectivity index (χ2v) is 5.88. The van der Waals surface area contributed by atoms with Crippen molar-refractivity contribution < 1.29 is 0 Å². The quantitative estimate of drug-likeness (QED) is 0.887. The van der Waals surface area contributed by atoms with E-state index in [0.29, 0.717) is 0 Å². The molecule has 0 unspecified atom stereocenters. The zero-order valence-corrected chi connectivity index (χ0v) is 12.8. The minimum absolute atomic E-state index is 0.992. The zero-order chi connectivity index (χ0) is 13.4. The van der Waals surface area contributed by atoms with Crippen molar-refractivity contribution in [3.05, 3.63) is 57.6 Å². The van der Waals surface area contributed by atoms with E-state index in [4.69, 9.17) is 0 Å². The van der Waals surface area contributed by atoms with Gasteiger partial charge in [-0.3, -0.25) is 0 Å². The van der Waals surface area contributed by atoms with Gasteiger partial charge < -0.3 is 10.2 Å². The maximum absolute atomic E-state index is 3.56. The van der Waals surface area contributed by atoms with E-state index < -0.39 is 0 Å². The van der Waals surface area contributed by atoms with Crippen molar-refractivity contribution in [2.75, 3.05) is 17.3 Å². The lowest BCUT2D eigenvalue weighted by Gasteiger charge is -2.18. The highest BCUT2D eigenvalue weighted by Gasteiger charge is 2.19. The topological polar surface area (TPSA) is 15.3 Å². The average molecular weight is 317 g/mol. The molecule has 2 aromatic carbocycles. The molecule has 0 atom stereocenters. The van der Waals surface area contributed by atoms with E-state index in [1.165, 1.54) is 32.5 Å². The number of nitrogens with one attached hydrogen (secondary N) is 1. The van der Waals surface area contributed by atoms with E-state index in [2.05, 4.69) is 69.5 Å². The largest absolute Gasteiger partial charge is 0.388 e. The molecule has 1 aliphatic heterocycles. The van der Waals surface area contributed by atoms with Crippen LogP contribution in [0.25, 0.3) is 0 Å². The van der Waals surface area contributed by atoms with E-state index >= 15 is 0 Å². The Morgan fingerprint density at radius 2 is 1.84 bits per heavy atom. The van der Waals surface area contributed by atoms with Crippen molar-refractivity contribution in [1.82, 2.24) is 0 Å². The van der Waals surface area contributed by atoms with E-state index in [0.717, 1.165) is 13.1 Å². The van der Waals surface area contributed by atoms with Crippen LogP contribution in [0, 0.1) is 6.92 Å². The Balaban J connectivity index is 1.88. The highest BCUT2D eigenvalue weighted by molar-refractivity contribution is 9.10. The van der Waals surface area contributed by atoms with Gasteiger partial charge in [0.1, 0.15) is 0 Å². The van der Waals surface area contributed by atoms with Crippen LogP contribution in [-0.4, -0.2) is 7.05 Å². The molecule has 0 fully saturated rings. The molecule has 1 aliphatic rings. The van der Waals surface area contributed by atoms with Crippen LogP contribution in [0.1, 0.15) is 16.7 Å². The monoisotopic (exact) mass is 316 g/mol. The summed E-state index contributed by atoms with van der Waals surface area (Å²) in [5.74, 6) is 0. The van der Waals surface area contributed by atoms with Gasteiger partial charge in [0.25, 0.3) is 0 Å². The zero-order valence-electron chi connectivity index (χ0n) is 11.2. The molecule has 0 radical (unpaired) electrons. The van der Waals surface area contributed by atoms with Crippen molar-refractivity contribution in [3.63, 3.8) is 0 Å². The molecule has 1 N–H and O–H groups in total. The highest BCUT2D eigenvalue weighted by Crippen LogP contribution is 2.31. The molecule has 0 aromatic heterocycles. The fourth-order valence-corrected chi connectivity index (χ4v) is 2.80. The van der Waals surface area contributed by atoms with Gasteiger partial charge in [-0.2, -0.15) is 0 Å². The normalized spacial score (nSPS) is 13.5. The van der Waals surface area contributed by atoms with Crippen molar-refractivity contribution in [2.24, 2.45) is 0 Å². The molecule has 0 amide bonds. The molecule has 0 aliphatic carbocycles. The van der Waals surface area contributed by atoms with Crippen LogP contribution in [0.4, 0.5) is 11.4 Å². The smallest absolute Gasteiger partial charge is 0.0437 e. The van der Waals surface area contributed by atoms with Crippen molar-refractivity contribution >= 4 is 27.3 Å². The van der Waals surface area contributed by atoms with Crippen molar-refractivity contribution in [2.45, 2.75) is 20.0 Å². The summed E-state index contributed by atoms with van der Waals surface area (Å²) < 4.78 is 1.17. The summed E-state index contributed by atoms with van der Waals surface area (Å²) in [6.45, 7) is 4.13. The van der Waals surface area contributed by atoms with Gasteiger partial charge in [0.15, 0.2) is 0 Å². The fourth-order valence-electron chi connectivity index (χ4n) is 2.56. The minimum Gasteiger partial charge on any atom is -0.388 e. The highest BCUT2D eigenvalue weighted by atomic mass is 79.9. The lowest BCUT2D eigenvalue weighted by atomic mass is 10.1. The average Bonchev–Trinajstić information content (AvgIpc) is 2.84. The molecule has 0 bridgehead atoms. The third kappa shape index (κ3) is 2.35. The SMILES string of the molecule is CNc1ccc2c(c1)CN(c1ccc(Br)c(C)c1)C2. The number of fused-ring (bicyclic) bond motifs is 1. The lowest BCUT2D eigenvalue weighted by molar-refractivity contribution is 0.879. The third-order valence-electron chi connectivity index (χ3n) is 3.72. The first kappa shape index (κ1) is 12.5. The molecule has 98 valence electrons. The molecule has 0 saturated heterocycles. The molecule has 3 rings (SSSR count). The van der Waals surface area contributed by atoms with E-state index in [-0.39, 0.29) is 0 Å². The fraction of sp³-hybridized carbons (Fsp3) is 0.250. The second-order valence-electron chi connectivity index (χ2n) is 5.02. The van der Waals surface area contributed by atoms with Crippen molar-refractivity contribution in [1.29, 1.82) is 0 Å². The summed E-state index contributed by atoms with van der Waals surface area (Å²) in [7, 11) is 1.96. The van der Waals surface area contributed by atoms with Gasteiger partial charge in [-0.25, -0.2) is 0 Å². The van der Waals surface area contributed by atoms with Gasteiger partial charge in [-0.1, -0.05) is 22.0 Å². The van der Waals surface area contributed by atoms with Gasteiger partial charge in [-0.05, 0) is 53.9 Å². The number of hydrogen-bond donors (Lipinski definition) is 1. The molecule has 0 spiro atoms. The van der Waals surface area contributed by atoms with Crippen molar-refractivity contribution in [3.8, 4) is 0 Å². The molecule has 19 heavy (non-hydrogen) atoms. The Hall–Kier alpha value is -1.48. The number of nitrogens with zero attached hydrogens (tertiary/aromatic N) is 1. The Bertz CT molecular complexity index is 622. The third-order valence-corrected chi connectivity index (χ3v) is 4.61. The summed E-state index contributed by atoms with van der Waals surface area (Å²) in [4.78, 5) is 2.42. The van der Waals surface area contributed by atoms with Crippen LogP contribution < -0.4 is 10.2 Å². The summed E-state index contributed by atoms with van der Waals surface area (Å²) in [6, 6.07) is 13.2. The first-order valence-electron chi connectivity index (χ1n) is 6.48. The first-order valence-corrected chi connectivity index (χ1v) is 7.27. The Morgan fingerprint density at radius 1 is 1.05 bits per heavy atom. The number of hydrogen-bond acceptors (Lipinski definition) is 2. The van der Waals surface area contributed by atoms with E-state index in [1.807, 2.05) is 7.05 Å². The van der Waals surface area contributed by atoms with Gasteiger partial charge in [0.2, 0.25) is 0 Å². The standard InChI is InChI=1S/C16H17BrN2/c1-11-7-15(5-6-16(11)17)19-9-12-3-4-14(18-2)8-13(12)10-19/h3-8,18H,9-10H2,1-2H3. The number of benzene rings is 2. The van der Waals surface area contributed by atoms with Crippen LogP contribution in [-0.2, 0) is 13.1 Å². The summed E-state index contributed by atoms with van der Waals surface area (Å²) in [5.41, 5.74) is 6.62. The molecule has 3 heteroatoms. The molecule has 2 nitrogen and oxygen atoms in total. The molecule has 0 saturated carbocycles. The molecular formula is C16H17BrN2. The number of halogens is 1. The van der Waals surface area contributed by atoms with Gasteiger partial charge >= 0.3 is 0 Å². The predicted molar refractivity (Wildman–Crippen MR) is 84.8 cm³/mol. The first-order chi connectivity index (χ1) is 9.17. The minimum atomic E-state index is 0.992. The van der Waals surface area contributed by atoms with Gasteiger partial charge in [-0.15, -0.1) is 0 Å². The predicted octanol–water partition coefficient (Wildman–Crippen LogP) is 4.32. The Labute approximate surface area is 122 Å². The summed E-state index contributed by atoms with van der Waals surface area (Å²) in [5, 5.41) is 3.20. The summed E-state index contributed by atoms with van der Waals surface area (Å²) >= 11 is 3.56. The van der Waals surface area contributed by atoms with Crippen LogP contribution in [0.3, 0.4) is 0 Å². The van der Waals surface area contributed by atoms with E-state index in [9.17, 15) is 0 Å². The Morgan fingerprint density at radius 3 is 2.58 bits per heavy atom. The number of rotatable bonds is 2. The Kier molecular flexibility index (Phi) is 3.23. The number of anilines is 2. The summed E-state index contributed by atoms with van der Waals surface area (Å²) in [6.07, 6.45) is 0. The van der Waals surface area contributed by atoms with Crippen LogP contribution >= 0.6 is 15.9 Å². The van der Waals surface area contributed by atoms with Gasteiger partial charge in [0.05, 0.1) is 0 Å². The molecular weight excluding hydrogens is 300 g/mol. The maximum atomic E-state index is 3.56. The molecule has 2 aromatic rings.